The molecule has 15 heavy (non-hydrogen) atoms. The van der Waals surface area contributed by atoms with Crippen molar-refractivity contribution in [3.63, 3.8) is 0 Å². The number of phenolic OH excluding ortho intramolecular Hbond substituents is 1. The molecule has 0 amide bonds. The second-order valence-corrected chi connectivity index (χ2v) is 3.66. The number of aromatic nitrogens is 2. The van der Waals surface area contributed by atoms with E-state index in [0.29, 0.717) is 11.4 Å². The summed E-state index contributed by atoms with van der Waals surface area (Å²) in [4.78, 5) is 8.40. The standard InChI is InChI=1S/C11H10N2O2/c14-9-2-1-8(7-5-15-6-7)10-11(9)13-4-3-12-10/h1-4,7,14H,5-6H2. The van der Waals surface area contributed by atoms with Crippen molar-refractivity contribution in [1.82, 2.24) is 9.97 Å². The fourth-order valence-electron chi connectivity index (χ4n) is 1.81. The van der Waals surface area contributed by atoms with Gasteiger partial charge in [-0.15, -0.1) is 0 Å². The number of ether oxygens (including phenoxy) is 1. The molecule has 2 aromatic rings. The van der Waals surface area contributed by atoms with Gasteiger partial charge in [0.25, 0.3) is 0 Å². The summed E-state index contributed by atoms with van der Waals surface area (Å²) >= 11 is 0. The van der Waals surface area contributed by atoms with E-state index in [-0.39, 0.29) is 5.75 Å². The van der Waals surface area contributed by atoms with Gasteiger partial charge in [0.2, 0.25) is 0 Å². The SMILES string of the molecule is Oc1ccc(C2COC2)c2nccnc12. The highest BCUT2D eigenvalue weighted by Gasteiger charge is 2.23. The summed E-state index contributed by atoms with van der Waals surface area (Å²) in [6, 6.07) is 3.57. The topological polar surface area (TPSA) is 55.2 Å². The van der Waals surface area contributed by atoms with Crippen molar-refractivity contribution in [1.29, 1.82) is 0 Å². The Morgan fingerprint density at radius 2 is 1.87 bits per heavy atom. The van der Waals surface area contributed by atoms with E-state index in [0.717, 1.165) is 24.3 Å². The number of benzene rings is 1. The van der Waals surface area contributed by atoms with Crippen LogP contribution in [0.5, 0.6) is 5.75 Å². The Morgan fingerprint density at radius 3 is 2.53 bits per heavy atom. The van der Waals surface area contributed by atoms with Crippen LogP contribution in [0.15, 0.2) is 24.5 Å². The summed E-state index contributed by atoms with van der Waals surface area (Å²) in [6.07, 6.45) is 3.23. The Morgan fingerprint density at radius 1 is 1.13 bits per heavy atom. The van der Waals surface area contributed by atoms with Crippen LogP contribution in [0, 0.1) is 0 Å². The zero-order valence-electron chi connectivity index (χ0n) is 8.05. The summed E-state index contributed by atoms with van der Waals surface area (Å²) in [5, 5.41) is 9.63. The lowest BCUT2D eigenvalue weighted by molar-refractivity contribution is 0.00891. The summed E-state index contributed by atoms with van der Waals surface area (Å²) in [5.74, 6) is 0.576. The summed E-state index contributed by atoms with van der Waals surface area (Å²) < 4.78 is 5.16. The van der Waals surface area contributed by atoms with Crippen LogP contribution in [0.1, 0.15) is 11.5 Å². The number of hydrogen-bond donors (Lipinski definition) is 1. The molecule has 0 saturated carbocycles. The van der Waals surface area contributed by atoms with Crippen molar-refractivity contribution in [2.45, 2.75) is 5.92 Å². The predicted molar refractivity (Wildman–Crippen MR) is 54.8 cm³/mol. The largest absolute Gasteiger partial charge is 0.506 e. The number of fused-ring (bicyclic) bond motifs is 1. The normalized spacial score (nSPS) is 16.5. The molecule has 1 aliphatic rings. The molecular weight excluding hydrogens is 192 g/mol. The molecule has 0 bridgehead atoms. The maximum absolute atomic E-state index is 9.63. The smallest absolute Gasteiger partial charge is 0.143 e. The van der Waals surface area contributed by atoms with Crippen molar-refractivity contribution in [2.75, 3.05) is 13.2 Å². The van der Waals surface area contributed by atoms with Gasteiger partial charge in [0.15, 0.2) is 0 Å². The van der Waals surface area contributed by atoms with Gasteiger partial charge in [-0.1, -0.05) is 6.07 Å². The Labute approximate surface area is 86.5 Å². The van der Waals surface area contributed by atoms with Crippen molar-refractivity contribution in [3.05, 3.63) is 30.1 Å². The highest BCUT2D eigenvalue weighted by Crippen LogP contribution is 2.32. The van der Waals surface area contributed by atoms with Crippen LogP contribution < -0.4 is 0 Å². The molecule has 0 aliphatic carbocycles. The summed E-state index contributed by atoms with van der Waals surface area (Å²) in [6.45, 7) is 1.47. The minimum absolute atomic E-state index is 0.182. The predicted octanol–water partition coefficient (Wildman–Crippen LogP) is 1.45. The van der Waals surface area contributed by atoms with Crippen LogP contribution in [0.2, 0.25) is 0 Å². The molecule has 1 aromatic carbocycles. The van der Waals surface area contributed by atoms with E-state index in [2.05, 4.69) is 9.97 Å². The van der Waals surface area contributed by atoms with Gasteiger partial charge in [0.05, 0.1) is 18.7 Å². The molecule has 0 atom stereocenters. The molecule has 3 rings (SSSR count). The van der Waals surface area contributed by atoms with E-state index in [1.807, 2.05) is 6.07 Å². The fourth-order valence-corrected chi connectivity index (χ4v) is 1.81. The van der Waals surface area contributed by atoms with E-state index >= 15 is 0 Å². The molecular formula is C11H10N2O2. The molecule has 76 valence electrons. The maximum atomic E-state index is 9.63. The molecule has 1 saturated heterocycles. The number of rotatable bonds is 1. The second-order valence-electron chi connectivity index (χ2n) is 3.66. The fraction of sp³-hybridized carbons (Fsp3) is 0.273. The van der Waals surface area contributed by atoms with Gasteiger partial charge >= 0.3 is 0 Å². The van der Waals surface area contributed by atoms with Crippen LogP contribution in [-0.2, 0) is 4.74 Å². The molecule has 0 radical (unpaired) electrons. The van der Waals surface area contributed by atoms with Crippen LogP contribution >= 0.6 is 0 Å². The van der Waals surface area contributed by atoms with Crippen molar-refractivity contribution in [2.24, 2.45) is 0 Å². The van der Waals surface area contributed by atoms with Gasteiger partial charge < -0.3 is 9.84 Å². The van der Waals surface area contributed by atoms with Gasteiger partial charge in [-0.25, -0.2) is 4.98 Å². The molecule has 4 nitrogen and oxygen atoms in total. The van der Waals surface area contributed by atoms with Gasteiger partial charge in [-0.05, 0) is 11.6 Å². The Balaban J connectivity index is 2.25. The minimum atomic E-state index is 0.182. The molecule has 1 aliphatic heterocycles. The molecule has 1 N–H and O–H groups in total. The van der Waals surface area contributed by atoms with Crippen LogP contribution in [0.25, 0.3) is 11.0 Å². The third kappa shape index (κ3) is 1.26. The first-order valence-electron chi connectivity index (χ1n) is 4.86. The van der Waals surface area contributed by atoms with Crippen LogP contribution in [0.3, 0.4) is 0 Å². The average Bonchev–Trinajstić information content (AvgIpc) is 2.20. The van der Waals surface area contributed by atoms with Crippen LogP contribution in [0.4, 0.5) is 0 Å². The van der Waals surface area contributed by atoms with E-state index in [1.54, 1.807) is 18.5 Å². The minimum Gasteiger partial charge on any atom is -0.506 e. The van der Waals surface area contributed by atoms with Crippen molar-refractivity contribution >= 4 is 11.0 Å². The lowest BCUT2D eigenvalue weighted by Gasteiger charge is -2.26. The number of hydrogen-bond acceptors (Lipinski definition) is 4. The zero-order valence-corrected chi connectivity index (χ0v) is 8.05. The zero-order chi connectivity index (χ0) is 10.3. The van der Waals surface area contributed by atoms with Crippen molar-refractivity contribution in [3.8, 4) is 5.75 Å². The summed E-state index contributed by atoms with van der Waals surface area (Å²) in [5.41, 5.74) is 2.47. The molecule has 0 unspecified atom stereocenters. The van der Waals surface area contributed by atoms with Gasteiger partial charge in [-0.3, -0.25) is 4.98 Å². The third-order valence-corrected chi connectivity index (χ3v) is 2.71. The van der Waals surface area contributed by atoms with Crippen LogP contribution in [-0.4, -0.2) is 28.3 Å². The number of nitrogens with zero attached hydrogens (tertiary/aromatic N) is 2. The molecule has 1 fully saturated rings. The lowest BCUT2D eigenvalue weighted by atomic mass is 9.96. The van der Waals surface area contributed by atoms with Gasteiger partial charge in [0, 0.05) is 18.3 Å². The summed E-state index contributed by atoms with van der Waals surface area (Å²) in [7, 11) is 0. The molecule has 0 spiro atoms. The quantitative estimate of drug-likeness (QED) is 0.760. The third-order valence-electron chi connectivity index (χ3n) is 2.71. The van der Waals surface area contributed by atoms with E-state index in [4.69, 9.17) is 4.74 Å². The Bertz CT molecular complexity index is 509. The first kappa shape index (κ1) is 8.61. The second kappa shape index (κ2) is 3.17. The average molecular weight is 202 g/mol. The first-order valence-corrected chi connectivity index (χ1v) is 4.86. The number of phenols is 1. The Hall–Kier alpha value is -1.68. The lowest BCUT2D eigenvalue weighted by Crippen LogP contribution is -2.25. The van der Waals surface area contributed by atoms with E-state index in [9.17, 15) is 5.11 Å². The number of aromatic hydroxyl groups is 1. The highest BCUT2D eigenvalue weighted by molar-refractivity contribution is 5.84. The Kier molecular flexibility index (Phi) is 1.82. The van der Waals surface area contributed by atoms with Gasteiger partial charge in [0.1, 0.15) is 11.3 Å². The molecule has 2 heterocycles. The molecule has 1 aromatic heterocycles. The molecule has 4 heteroatoms. The first-order chi connectivity index (χ1) is 7.36. The highest BCUT2D eigenvalue weighted by atomic mass is 16.5. The van der Waals surface area contributed by atoms with Gasteiger partial charge in [-0.2, -0.15) is 0 Å². The monoisotopic (exact) mass is 202 g/mol. The van der Waals surface area contributed by atoms with E-state index in [1.165, 1.54) is 0 Å². The van der Waals surface area contributed by atoms with Crippen molar-refractivity contribution < 1.29 is 9.84 Å². The van der Waals surface area contributed by atoms with E-state index < -0.39 is 0 Å². The maximum Gasteiger partial charge on any atom is 0.143 e.